The summed E-state index contributed by atoms with van der Waals surface area (Å²) < 4.78 is 1.86. The van der Waals surface area contributed by atoms with Gasteiger partial charge in [-0.05, 0) is 13.3 Å². The molecule has 4 nitrogen and oxygen atoms in total. The van der Waals surface area contributed by atoms with Crippen molar-refractivity contribution in [1.29, 1.82) is 0 Å². The lowest BCUT2D eigenvalue weighted by molar-refractivity contribution is 0.490. The average molecular weight is 191 g/mol. The zero-order valence-corrected chi connectivity index (χ0v) is 8.32. The Hall–Kier alpha value is -1.58. The van der Waals surface area contributed by atoms with E-state index >= 15 is 0 Å². The van der Waals surface area contributed by atoms with E-state index in [1.807, 2.05) is 4.68 Å². The Balaban J connectivity index is 2.70. The molecule has 0 amide bonds. The van der Waals surface area contributed by atoms with Gasteiger partial charge in [0.2, 0.25) is 0 Å². The standard InChI is InChI=1S/C10H13N3O/c1-3-7(2)13-10-8(6-12-13)9(14)4-5-11-10/h4-7H,3H2,1-2H3,(H,11,14). The largest absolute Gasteiger partial charge is 0.346 e. The van der Waals surface area contributed by atoms with Crippen LogP contribution in [0.25, 0.3) is 11.0 Å². The Morgan fingerprint density at radius 2 is 2.43 bits per heavy atom. The van der Waals surface area contributed by atoms with Gasteiger partial charge in [-0.3, -0.25) is 4.79 Å². The minimum atomic E-state index is 0.0216. The maximum Gasteiger partial charge on any atom is 0.192 e. The topological polar surface area (TPSA) is 50.7 Å². The Labute approximate surface area is 81.6 Å². The third kappa shape index (κ3) is 1.23. The Bertz CT molecular complexity index is 497. The van der Waals surface area contributed by atoms with Crippen LogP contribution in [-0.2, 0) is 0 Å². The van der Waals surface area contributed by atoms with Crippen molar-refractivity contribution in [2.24, 2.45) is 0 Å². The van der Waals surface area contributed by atoms with Crippen LogP contribution in [0.4, 0.5) is 0 Å². The summed E-state index contributed by atoms with van der Waals surface area (Å²) in [5, 5.41) is 4.87. The van der Waals surface area contributed by atoms with Gasteiger partial charge in [-0.25, -0.2) is 4.68 Å². The number of H-pyrrole nitrogens is 1. The molecule has 1 unspecified atom stereocenters. The Morgan fingerprint density at radius 1 is 1.64 bits per heavy atom. The van der Waals surface area contributed by atoms with Crippen LogP contribution in [0.3, 0.4) is 0 Å². The number of aromatic nitrogens is 3. The van der Waals surface area contributed by atoms with Crippen molar-refractivity contribution in [3.05, 3.63) is 28.7 Å². The molecule has 0 fully saturated rings. The highest BCUT2D eigenvalue weighted by molar-refractivity contribution is 5.73. The molecule has 0 radical (unpaired) electrons. The van der Waals surface area contributed by atoms with Crippen LogP contribution in [0.5, 0.6) is 0 Å². The molecule has 0 spiro atoms. The third-order valence-electron chi connectivity index (χ3n) is 2.52. The van der Waals surface area contributed by atoms with Gasteiger partial charge in [-0.2, -0.15) is 5.10 Å². The monoisotopic (exact) mass is 191 g/mol. The van der Waals surface area contributed by atoms with Gasteiger partial charge in [0.1, 0.15) is 5.65 Å². The molecule has 0 aliphatic rings. The lowest BCUT2D eigenvalue weighted by Crippen LogP contribution is -2.07. The van der Waals surface area contributed by atoms with Crippen molar-refractivity contribution in [3.63, 3.8) is 0 Å². The number of fused-ring (bicyclic) bond motifs is 1. The SMILES string of the molecule is CCC(C)n1ncc2c(=O)cc[nH]c21. The van der Waals surface area contributed by atoms with E-state index in [2.05, 4.69) is 23.9 Å². The van der Waals surface area contributed by atoms with Crippen molar-refractivity contribution in [2.75, 3.05) is 0 Å². The molecular weight excluding hydrogens is 178 g/mol. The highest BCUT2D eigenvalue weighted by Gasteiger charge is 2.09. The molecule has 1 atom stereocenters. The van der Waals surface area contributed by atoms with E-state index in [1.54, 1.807) is 12.4 Å². The zero-order valence-electron chi connectivity index (χ0n) is 8.32. The van der Waals surface area contributed by atoms with E-state index in [-0.39, 0.29) is 5.43 Å². The van der Waals surface area contributed by atoms with E-state index in [0.717, 1.165) is 12.1 Å². The van der Waals surface area contributed by atoms with Crippen molar-refractivity contribution in [2.45, 2.75) is 26.3 Å². The average Bonchev–Trinajstić information content (AvgIpc) is 2.62. The number of hydrogen-bond donors (Lipinski definition) is 1. The summed E-state index contributed by atoms with van der Waals surface area (Å²) in [6.45, 7) is 4.18. The second-order valence-electron chi connectivity index (χ2n) is 3.45. The van der Waals surface area contributed by atoms with Crippen LogP contribution >= 0.6 is 0 Å². The quantitative estimate of drug-likeness (QED) is 0.785. The van der Waals surface area contributed by atoms with E-state index in [1.165, 1.54) is 6.07 Å². The van der Waals surface area contributed by atoms with Gasteiger partial charge < -0.3 is 4.98 Å². The minimum Gasteiger partial charge on any atom is -0.346 e. The molecule has 0 aliphatic carbocycles. The number of hydrogen-bond acceptors (Lipinski definition) is 2. The van der Waals surface area contributed by atoms with Crippen LogP contribution in [0.1, 0.15) is 26.3 Å². The molecule has 0 aromatic carbocycles. The molecule has 0 aliphatic heterocycles. The molecule has 2 aromatic heterocycles. The number of aromatic amines is 1. The minimum absolute atomic E-state index is 0.0216. The van der Waals surface area contributed by atoms with Crippen LogP contribution in [0, 0.1) is 0 Å². The lowest BCUT2D eigenvalue weighted by atomic mass is 10.2. The van der Waals surface area contributed by atoms with Gasteiger partial charge in [0, 0.05) is 12.3 Å². The second kappa shape index (κ2) is 3.29. The maximum absolute atomic E-state index is 11.4. The number of nitrogens with one attached hydrogen (secondary N) is 1. The molecule has 0 bridgehead atoms. The van der Waals surface area contributed by atoms with Gasteiger partial charge in [0.15, 0.2) is 5.43 Å². The van der Waals surface area contributed by atoms with Gasteiger partial charge in [0.05, 0.1) is 17.6 Å². The number of pyridine rings is 1. The molecule has 2 aromatic rings. The predicted molar refractivity (Wildman–Crippen MR) is 55.4 cm³/mol. The fourth-order valence-electron chi connectivity index (χ4n) is 1.48. The van der Waals surface area contributed by atoms with Gasteiger partial charge in [-0.15, -0.1) is 0 Å². The van der Waals surface area contributed by atoms with Gasteiger partial charge in [0.25, 0.3) is 0 Å². The summed E-state index contributed by atoms with van der Waals surface area (Å²) in [6, 6.07) is 1.83. The number of rotatable bonds is 2. The first-order valence-corrected chi connectivity index (χ1v) is 4.79. The van der Waals surface area contributed by atoms with Gasteiger partial charge in [-0.1, -0.05) is 6.92 Å². The van der Waals surface area contributed by atoms with Crippen molar-refractivity contribution >= 4 is 11.0 Å². The molecule has 1 N–H and O–H groups in total. The van der Waals surface area contributed by atoms with E-state index < -0.39 is 0 Å². The molecule has 4 heteroatoms. The van der Waals surface area contributed by atoms with Crippen LogP contribution in [0.15, 0.2) is 23.3 Å². The fourth-order valence-corrected chi connectivity index (χ4v) is 1.48. The second-order valence-corrected chi connectivity index (χ2v) is 3.45. The molecule has 2 rings (SSSR count). The normalized spacial score (nSPS) is 13.3. The summed E-state index contributed by atoms with van der Waals surface area (Å²) in [5.41, 5.74) is 0.833. The van der Waals surface area contributed by atoms with Crippen molar-refractivity contribution in [3.8, 4) is 0 Å². The number of nitrogens with zero attached hydrogens (tertiary/aromatic N) is 2. The van der Waals surface area contributed by atoms with Crippen LogP contribution < -0.4 is 5.43 Å². The highest BCUT2D eigenvalue weighted by atomic mass is 16.1. The first-order chi connectivity index (χ1) is 6.74. The predicted octanol–water partition coefficient (Wildman–Crippen LogP) is 1.70. The summed E-state index contributed by atoms with van der Waals surface area (Å²) in [5.74, 6) is 0. The smallest absolute Gasteiger partial charge is 0.192 e. The summed E-state index contributed by atoms with van der Waals surface area (Å²) in [6.07, 6.45) is 4.28. The molecule has 0 saturated carbocycles. The van der Waals surface area contributed by atoms with E-state index in [0.29, 0.717) is 11.4 Å². The Kier molecular flexibility index (Phi) is 2.11. The van der Waals surface area contributed by atoms with Gasteiger partial charge >= 0.3 is 0 Å². The maximum atomic E-state index is 11.4. The van der Waals surface area contributed by atoms with Crippen molar-refractivity contribution < 1.29 is 0 Å². The fraction of sp³-hybridized carbons (Fsp3) is 0.400. The Morgan fingerprint density at radius 3 is 3.14 bits per heavy atom. The highest BCUT2D eigenvalue weighted by Crippen LogP contribution is 2.14. The summed E-state index contributed by atoms with van der Waals surface area (Å²) in [4.78, 5) is 14.5. The lowest BCUT2D eigenvalue weighted by Gasteiger charge is -2.09. The molecule has 2 heterocycles. The van der Waals surface area contributed by atoms with Crippen molar-refractivity contribution in [1.82, 2.24) is 14.8 Å². The first-order valence-electron chi connectivity index (χ1n) is 4.79. The molecular formula is C10H13N3O. The summed E-state index contributed by atoms with van der Waals surface area (Å²) >= 11 is 0. The van der Waals surface area contributed by atoms with Crippen LogP contribution in [0.2, 0.25) is 0 Å². The van der Waals surface area contributed by atoms with E-state index in [4.69, 9.17) is 0 Å². The third-order valence-corrected chi connectivity index (χ3v) is 2.52. The zero-order chi connectivity index (χ0) is 10.1. The molecule has 74 valence electrons. The van der Waals surface area contributed by atoms with Crippen LogP contribution in [-0.4, -0.2) is 14.8 Å². The molecule has 14 heavy (non-hydrogen) atoms. The first kappa shape index (κ1) is 8.99. The molecule has 0 saturated heterocycles. The van der Waals surface area contributed by atoms with E-state index in [9.17, 15) is 4.79 Å². The summed E-state index contributed by atoms with van der Waals surface area (Å²) in [7, 11) is 0.